The van der Waals surface area contributed by atoms with Crippen molar-refractivity contribution in [3.63, 3.8) is 0 Å². The average Bonchev–Trinajstić information content (AvgIpc) is 2.66. The second-order valence-corrected chi connectivity index (χ2v) is 7.18. The van der Waals surface area contributed by atoms with Crippen LogP contribution in [0.2, 0.25) is 0 Å². The molecule has 0 amide bonds. The minimum atomic E-state index is -0.835. The summed E-state index contributed by atoms with van der Waals surface area (Å²) in [5, 5.41) is 22.8. The number of pyridine rings is 1. The van der Waals surface area contributed by atoms with E-state index in [1.807, 2.05) is 24.3 Å². The normalized spacial score (nSPS) is 32.5. The van der Waals surface area contributed by atoms with E-state index in [4.69, 9.17) is 4.74 Å². The van der Waals surface area contributed by atoms with Crippen LogP contribution in [0.1, 0.15) is 24.5 Å². The number of fused-ring (bicyclic) bond motifs is 4. The molecule has 5 nitrogen and oxygen atoms in total. The number of benzene rings is 1. The zero-order chi connectivity index (χ0) is 17.6. The summed E-state index contributed by atoms with van der Waals surface area (Å²) in [5.41, 5.74) is 0.873. The van der Waals surface area contributed by atoms with Crippen molar-refractivity contribution in [3.05, 3.63) is 48.7 Å². The van der Waals surface area contributed by atoms with Crippen LogP contribution in [0, 0.1) is 5.92 Å². The van der Waals surface area contributed by atoms with Crippen LogP contribution in [0.4, 0.5) is 0 Å². The van der Waals surface area contributed by atoms with E-state index in [1.165, 1.54) is 0 Å². The van der Waals surface area contributed by atoms with E-state index in [0.717, 1.165) is 41.6 Å². The van der Waals surface area contributed by atoms with Crippen LogP contribution in [0.3, 0.4) is 0 Å². The van der Waals surface area contributed by atoms with Gasteiger partial charge in [0.15, 0.2) is 0 Å². The Kier molecular flexibility index (Phi) is 4.02. The van der Waals surface area contributed by atoms with Gasteiger partial charge in [-0.1, -0.05) is 6.08 Å². The van der Waals surface area contributed by atoms with E-state index < -0.39 is 11.7 Å². The largest absolute Gasteiger partial charge is 0.497 e. The smallest absolute Gasteiger partial charge is 0.119 e. The molecular formula is C20H24N2O3. The lowest BCUT2D eigenvalue weighted by molar-refractivity contribution is -0.127. The Morgan fingerprint density at radius 1 is 1.44 bits per heavy atom. The second kappa shape index (κ2) is 6.09. The van der Waals surface area contributed by atoms with Gasteiger partial charge < -0.3 is 14.9 Å². The quantitative estimate of drug-likeness (QED) is 0.836. The maximum absolute atomic E-state index is 11.2. The van der Waals surface area contributed by atoms with Crippen LogP contribution in [0.5, 0.6) is 5.75 Å². The summed E-state index contributed by atoms with van der Waals surface area (Å²) >= 11 is 0. The highest BCUT2D eigenvalue weighted by atomic mass is 16.5. The number of rotatable bonds is 4. The van der Waals surface area contributed by atoms with E-state index in [-0.39, 0.29) is 12.0 Å². The molecule has 5 rings (SSSR count). The highest BCUT2D eigenvalue weighted by molar-refractivity contribution is 5.83. The molecule has 2 bridgehead atoms. The van der Waals surface area contributed by atoms with Gasteiger partial charge in [0.05, 0.1) is 24.3 Å². The third kappa shape index (κ3) is 2.63. The number of aromatic nitrogens is 1. The third-order valence-electron chi connectivity index (χ3n) is 5.94. The molecule has 5 atom stereocenters. The van der Waals surface area contributed by atoms with E-state index >= 15 is 0 Å². The molecule has 2 N–H and O–H groups in total. The van der Waals surface area contributed by atoms with Crippen LogP contribution in [-0.2, 0) is 0 Å². The molecule has 2 unspecified atom stereocenters. The number of aliphatic hydroxyl groups is 2. The molecule has 5 heteroatoms. The number of methoxy groups -OCH3 is 1. The molecule has 25 heavy (non-hydrogen) atoms. The summed E-state index contributed by atoms with van der Waals surface area (Å²) in [5.74, 6) is 0.901. The molecule has 0 radical (unpaired) electrons. The second-order valence-electron chi connectivity index (χ2n) is 7.18. The maximum atomic E-state index is 11.2. The van der Waals surface area contributed by atoms with Crippen LogP contribution in [0.25, 0.3) is 10.9 Å². The average molecular weight is 340 g/mol. The summed E-state index contributed by atoms with van der Waals surface area (Å²) < 4.78 is 5.33. The SMILES string of the molecule is C=CC1(O)CN2CC[C@H]1C[C@@H]2[C@@H](O)c1ccnc2ccc(OC)cc12. The molecule has 1 aromatic heterocycles. The Bertz CT molecular complexity index is 809. The molecule has 1 aromatic carbocycles. The zero-order valence-corrected chi connectivity index (χ0v) is 14.4. The Morgan fingerprint density at radius 3 is 2.96 bits per heavy atom. The van der Waals surface area contributed by atoms with Gasteiger partial charge in [0, 0.05) is 24.2 Å². The van der Waals surface area contributed by atoms with Crippen molar-refractivity contribution in [3.8, 4) is 5.75 Å². The van der Waals surface area contributed by atoms with E-state index in [9.17, 15) is 10.2 Å². The first-order chi connectivity index (χ1) is 12.1. The number of hydrogen-bond acceptors (Lipinski definition) is 5. The molecule has 0 aliphatic carbocycles. The fraction of sp³-hybridized carbons (Fsp3) is 0.450. The van der Waals surface area contributed by atoms with Crippen LogP contribution >= 0.6 is 0 Å². The monoisotopic (exact) mass is 340 g/mol. The van der Waals surface area contributed by atoms with Crippen LogP contribution in [-0.4, -0.2) is 51.9 Å². The van der Waals surface area contributed by atoms with Gasteiger partial charge in [-0.05, 0) is 55.1 Å². The van der Waals surface area contributed by atoms with Crippen molar-refractivity contribution < 1.29 is 14.9 Å². The van der Waals surface area contributed by atoms with Crippen LogP contribution in [0.15, 0.2) is 43.1 Å². The summed E-state index contributed by atoms with van der Waals surface area (Å²) in [6.45, 7) is 5.24. The topological polar surface area (TPSA) is 65.8 Å². The molecule has 0 spiro atoms. The van der Waals surface area contributed by atoms with Crippen molar-refractivity contribution in [1.29, 1.82) is 0 Å². The number of piperidine rings is 3. The Balaban J connectivity index is 1.69. The third-order valence-corrected chi connectivity index (χ3v) is 5.94. The molecule has 0 saturated carbocycles. The lowest BCUT2D eigenvalue weighted by Crippen LogP contribution is -2.63. The maximum Gasteiger partial charge on any atom is 0.119 e. The lowest BCUT2D eigenvalue weighted by atomic mass is 9.71. The Hall–Kier alpha value is -1.95. The highest BCUT2D eigenvalue weighted by Crippen LogP contribution is 2.44. The number of aliphatic hydroxyl groups excluding tert-OH is 1. The molecule has 4 heterocycles. The van der Waals surface area contributed by atoms with Crippen LogP contribution < -0.4 is 4.74 Å². The van der Waals surface area contributed by atoms with Gasteiger partial charge in [0.2, 0.25) is 0 Å². The first-order valence-electron chi connectivity index (χ1n) is 8.76. The van der Waals surface area contributed by atoms with Gasteiger partial charge in [0.1, 0.15) is 5.75 Å². The van der Waals surface area contributed by atoms with Gasteiger partial charge >= 0.3 is 0 Å². The molecule has 3 fully saturated rings. The predicted octanol–water partition coefficient (Wildman–Crippen LogP) is 2.29. The summed E-state index contributed by atoms with van der Waals surface area (Å²) in [7, 11) is 1.63. The van der Waals surface area contributed by atoms with Gasteiger partial charge in [-0.15, -0.1) is 6.58 Å². The fourth-order valence-corrected chi connectivity index (χ4v) is 4.45. The fourth-order valence-electron chi connectivity index (χ4n) is 4.45. The minimum absolute atomic E-state index is 0.00391. The van der Waals surface area contributed by atoms with Crippen molar-refractivity contribution in [2.75, 3.05) is 20.2 Å². The molecule has 3 saturated heterocycles. The minimum Gasteiger partial charge on any atom is -0.497 e. The van der Waals surface area contributed by atoms with Crippen molar-refractivity contribution in [1.82, 2.24) is 9.88 Å². The molecule has 3 aliphatic heterocycles. The molecule has 3 aliphatic rings. The summed E-state index contributed by atoms with van der Waals surface area (Å²) in [6.07, 6.45) is 4.48. The molecule has 2 aromatic rings. The van der Waals surface area contributed by atoms with E-state index in [1.54, 1.807) is 19.4 Å². The lowest BCUT2D eigenvalue weighted by Gasteiger charge is -2.54. The first kappa shape index (κ1) is 16.5. The van der Waals surface area contributed by atoms with Gasteiger partial charge in [-0.25, -0.2) is 0 Å². The summed E-state index contributed by atoms with van der Waals surface area (Å²) in [4.78, 5) is 6.59. The predicted molar refractivity (Wildman–Crippen MR) is 96.5 cm³/mol. The van der Waals surface area contributed by atoms with Crippen molar-refractivity contribution in [2.45, 2.75) is 30.6 Å². The number of nitrogens with zero attached hydrogens (tertiary/aromatic N) is 2. The summed E-state index contributed by atoms with van der Waals surface area (Å²) in [6, 6.07) is 7.60. The molecule has 132 valence electrons. The van der Waals surface area contributed by atoms with Crippen molar-refractivity contribution in [2.24, 2.45) is 5.92 Å². The van der Waals surface area contributed by atoms with E-state index in [0.29, 0.717) is 6.54 Å². The van der Waals surface area contributed by atoms with Gasteiger partial charge in [-0.3, -0.25) is 9.88 Å². The Labute approximate surface area is 147 Å². The highest BCUT2D eigenvalue weighted by Gasteiger charge is 2.49. The Morgan fingerprint density at radius 2 is 2.28 bits per heavy atom. The van der Waals surface area contributed by atoms with Gasteiger partial charge in [-0.2, -0.15) is 0 Å². The standard InChI is InChI=1S/C20H24N2O3/c1-3-20(24)12-22-9-7-13(20)10-18(22)19(23)15-6-8-21-17-5-4-14(25-2)11-16(15)17/h3-6,8,11,13,18-19,23-24H,1,7,9-10,12H2,2H3/t13-,18+,19-,20?/m0/s1. The number of ether oxygens (including phenoxy) is 1. The number of hydrogen-bond donors (Lipinski definition) is 2. The first-order valence-corrected chi connectivity index (χ1v) is 8.76. The van der Waals surface area contributed by atoms with E-state index in [2.05, 4.69) is 16.5 Å². The zero-order valence-electron chi connectivity index (χ0n) is 14.4. The van der Waals surface area contributed by atoms with Gasteiger partial charge in [0.25, 0.3) is 0 Å². The molecular weight excluding hydrogens is 316 g/mol. The van der Waals surface area contributed by atoms with Crippen molar-refractivity contribution >= 4 is 10.9 Å².